The van der Waals surface area contributed by atoms with Crippen molar-refractivity contribution in [3.05, 3.63) is 54.0 Å². The molecule has 0 aliphatic carbocycles. The van der Waals surface area contributed by atoms with Crippen LogP contribution in [-0.2, 0) is 26.0 Å². The van der Waals surface area contributed by atoms with Crippen LogP contribution in [0.1, 0.15) is 18.1 Å². The van der Waals surface area contributed by atoms with E-state index in [1.165, 1.54) is 24.7 Å². The Labute approximate surface area is 135 Å². The number of aryl methyl sites for hydroxylation is 1. The van der Waals surface area contributed by atoms with E-state index in [2.05, 4.69) is 4.72 Å². The molecule has 1 aromatic heterocycles. The normalized spacial score (nSPS) is 12.8. The average molecular weight is 337 g/mol. The molecule has 0 bridgehead atoms. The van der Waals surface area contributed by atoms with Crippen molar-refractivity contribution in [1.29, 1.82) is 0 Å². The number of furan rings is 1. The van der Waals surface area contributed by atoms with Crippen molar-refractivity contribution in [3.63, 3.8) is 0 Å². The first kappa shape index (κ1) is 17.2. The Kier molecular flexibility index (Phi) is 5.57. The van der Waals surface area contributed by atoms with E-state index in [-0.39, 0.29) is 17.9 Å². The first-order valence-electron chi connectivity index (χ1n) is 7.19. The molecule has 7 heteroatoms. The van der Waals surface area contributed by atoms with Gasteiger partial charge in [-0.05, 0) is 37.6 Å². The van der Waals surface area contributed by atoms with Crippen LogP contribution in [0.4, 0.5) is 0 Å². The number of hydrogen-bond acceptors (Lipinski definition) is 5. The topological polar surface area (TPSA) is 85.6 Å². The van der Waals surface area contributed by atoms with Gasteiger partial charge in [0.05, 0.1) is 24.0 Å². The van der Waals surface area contributed by atoms with Crippen molar-refractivity contribution in [3.8, 4) is 0 Å². The van der Waals surface area contributed by atoms with E-state index < -0.39 is 22.0 Å². The summed E-state index contributed by atoms with van der Waals surface area (Å²) < 4.78 is 37.2. The van der Waals surface area contributed by atoms with Gasteiger partial charge in [-0.1, -0.05) is 17.7 Å². The molecule has 2 rings (SSSR count). The lowest BCUT2D eigenvalue weighted by atomic mass is 10.1. The molecule has 0 saturated carbocycles. The highest BCUT2D eigenvalue weighted by molar-refractivity contribution is 7.89. The van der Waals surface area contributed by atoms with Crippen LogP contribution in [0.3, 0.4) is 0 Å². The molecule has 2 aromatic rings. The Morgan fingerprint density at radius 1 is 1.26 bits per heavy atom. The van der Waals surface area contributed by atoms with Gasteiger partial charge in [-0.15, -0.1) is 0 Å². The quantitative estimate of drug-likeness (QED) is 0.782. The summed E-state index contributed by atoms with van der Waals surface area (Å²) >= 11 is 0. The monoisotopic (exact) mass is 337 g/mol. The molecule has 0 radical (unpaired) electrons. The van der Waals surface area contributed by atoms with Crippen molar-refractivity contribution in [2.45, 2.75) is 31.2 Å². The number of rotatable bonds is 7. The smallest absolute Gasteiger partial charge is 0.324 e. The fourth-order valence-corrected chi connectivity index (χ4v) is 3.22. The van der Waals surface area contributed by atoms with Crippen molar-refractivity contribution >= 4 is 16.0 Å². The summed E-state index contributed by atoms with van der Waals surface area (Å²) in [7, 11) is -3.82. The lowest BCUT2D eigenvalue weighted by Gasteiger charge is -2.17. The van der Waals surface area contributed by atoms with Gasteiger partial charge >= 0.3 is 5.97 Å². The molecule has 1 aromatic carbocycles. The summed E-state index contributed by atoms with van der Waals surface area (Å²) in [6.07, 6.45) is 3.08. The van der Waals surface area contributed by atoms with E-state index >= 15 is 0 Å². The number of hydrogen-bond donors (Lipinski definition) is 1. The van der Waals surface area contributed by atoms with Crippen LogP contribution in [-0.4, -0.2) is 27.0 Å². The highest BCUT2D eigenvalue weighted by Gasteiger charge is 2.27. The standard InChI is InChI=1S/C16H19NO5S/c1-3-22-16(18)15(10-13-8-9-21-11-13)17-23(19,20)14-6-4-12(2)5-7-14/h4-9,11,15,17H,3,10H2,1-2H3/t15-/m0/s1. The van der Waals surface area contributed by atoms with E-state index in [1.54, 1.807) is 25.1 Å². The second-order valence-electron chi connectivity index (χ2n) is 5.07. The Balaban J connectivity index is 2.21. The van der Waals surface area contributed by atoms with Gasteiger partial charge in [-0.3, -0.25) is 4.79 Å². The zero-order valence-electron chi connectivity index (χ0n) is 13.0. The molecule has 1 N–H and O–H groups in total. The second-order valence-corrected chi connectivity index (χ2v) is 6.79. The van der Waals surface area contributed by atoms with Crippen molar-refractivity contribution in [2.75, 3.05) is 6.61 Å². The van der Waals surface area contributed by atoms with Gasteiger partial charge in [-0.25, -0.2) is 8.42 Å². The molecule has 1 heterocycles. The number of ether oxygens (including phenoxy) is 1. The van der Waals surface area contributed by atoms with Crippen molar-refractivity contribution in [2.24, 2.45) is 0 Å². The zero-order valence-corrected chi connectivity index (χ0v) is 13.8. The van der Waals surface area contributed by atoms with Gasteiger partial charge in [0.25, 0.3) is 0 Å². The van der Waals surface area contributed by atoms with Crippen molar-refractivity contribution in [1.82, 2.24) is 4.72 Å². The van der Waals surface area contributed by atoms with E-state index in [4.69, 9.17) is 9.15 Å². The highest BCUT2D eigenvalue weighted by Crippen LogP contribution is 2.13. The van der Waals surface area contributed by atoms with Gasteiger partial charge in [-0.2, -0.15) is 4.72 Å². The molecule has 1 atom stereocenters. The van der Waals surface area contributed by atoms with E-state index in [0.717, 1.165) is 5.56 Å². The molecule has 0 aliphatic heterocycles. The van der Waals surface area contributed by atoms with E-state index in [9.17, 15) is 13.2 Å². The SMILES string of the molecule is CCOC(=O)[C@H](Cc1ccoc1)NS(=O)(=O)c1ccc(C)cc1. The summed E-state index contributed by atoms with van der Waals surface area (Å²) in [5.41, 5.74) is 1.65. The molecule has 0 unspecified atom stereocenters. The minimum Gasteiger partial charge on any atom is -0.472 e. The van der Waals surface area contributed by atoms with Crippen LogP contribution in [0, 0.1) is 6.92 Å². The third kappa shape index (κ3) is 4.67. The summed E-state index contributed by atoms with van der Waals surface area (Å²) in [6, 6.07) is 7.05. The molecule has 0 saturated heterocycles. The number of esters is 1. The predicted molar refractivity (Wildman–Crippen MR) is 84.3 cm³/mol. The van der Waals surface area contributed by atoms with Crippen LogP contribution in [0.15, 0.2) is 52.2 Å². The third-order valence-corrected chi connectivity index (χ3v) is 4.71. The van der Waals surface area contributed by atoms with Gasteiger partial charge < -0.3 is 9.15 Å². The minimum atomic E-state index is -3.82. The molecule has 0 amide bonds. The molecule has 0 fully saturated rings. The summed E-state index contributed by atoms with van der Waals surface area (Å²) in [5, 5.41) is 0. The molecular weight excluding hydrogens is 318 g/mol. The first-order chi connectivity index (χ1) is 10.9. The van der Waals surface area contributed by atoms with Crippen LogP contribution >= 0.6 is 0 Å². The number of nitrogens with one attached hydrogen (secondary N) is 1. The summed E-state index contributed by atoms with van der Waals surface area (Å²) in [4.78, 5) is 12.2. The molecule has 0 spiro atoms. The molecule has 23 heavy (non-hydrogen) atoms. The van der Waals surface area contributed by atoms with Gasteiger partial charge in [0.15, 0.2) is 0 Å². The number of carbonyl (C=O) groups is 1. The number of benzene rings is 1. The van der Waals surface area contributed by atoms with Crippen LogP contribution in [0.25, 0.3) is 0 Å². The minimum absolute atomic E-state index is 0.101. The third-order valence-electron chi connectivity index (χ3n) is 3.22. The maximum atomic E-state index is 12.4. The van der Waals surface area contributed by atoms with Crippen LogP contribution in [0.5, 0.6) is 0 Å². The molecular formula is C16H19NO5S. The molecule has 0 aliphatic rings. The fraction of sp³-hybridized carbons (Fsp3) is 0.312. The van der Waals surface area contributed by atoms with Gasteiger partial charge in [0.2, 0.25) is 10.0 Å². The first-order valence-corrected chi connectivity index (χ1v) is 8.67. The summed E-state index contributed by atoms with van der Waals surface area (Å²) in [5.74, 6) is -0.621. The Morgan fingerprint density at radius 3 is 2.52 bits per heavy atom. The van der Waals surface area contributed by atoms with Gasteiger partial charge in [0, 0.05) is 6.42 Å². The number of sulfonamides is 1. The van der Waals surface area contributed by atoms with E-state index in [1.807, 2.05) is 6.92 Å². The maximum Gasteiger partial charge on any atom is 0.324 e. The molecule has 6 nitrogen and oxygen atoms in total. The van der Waals surface area contributed by atoms with Crippen LogP contribution in [0.2, 0.25) is 0 Å². The summed E-state index contributed by atoms with van der Waals surface area (Å²) in [6.45, 7) is 3.71. The average Bonchev–Trinajstić information content (AvgIpc) is 3.00. The Hall–Kier alpha value is -2.12. The van der Waals surface area contributed by atoms with E-state index in [0.29, 0.717) is 5.56 Å². The highest BCUT2D eigenvalue weighted by atomic mass is 32.2. The van der Waals surface area contributed by atoms with Crippen LogP contribution < -0.4 is 4.72 Å². The molecule has 124 valence electrons. The Morgan fingerprint density at radius 2 is 1.96 bits per heavy atom. The van der Waals surface area contributed by atoms with Crippen molar-refractivity contribution < 1.29 is 22.4 Å². The maximum absolute atomic E-state index is 12.4. The lowest BCUT2D eigenvalue weighted by Crippen LogP contribution is -2.43. The lowest BCUT2D eigenvalue weighted by molar-refractivity contribution is -0.145. The largest absolute Gasteiger partial charge is 0.472 e. The second kappa shape index (κ2) is 7.43. The zero-order chi connectivity index (χ0) is 16.9. The van der Waals surface area contributed by atoms with Gasteiger partial charge in [0.1, 0.15) is 6.04 Å². The fourth-order valence-electron chi connectivity index (χ4n) is 2.03. The number of carbonyl (C=O) groups excluding carboxylic acids is 1. The Bertz CT molecular complexity index is 735. The predicted octanol–water partition coefficient (Wildman–Crippen LogP) is 2.04.